The SMILES string of the molecule is Cc1ccc(C2C3=C(CC(C)(C)CC3=O)Nc3ccccc3N2CC(=O)N2CCN(c3ccccn3)CC2)o1. The van der Waals surface area contributed by atoms with E-state index in [1.165, 1.54) is 0 Å². The summed E-state index contributed by atoms with van der Waals surface area (Å²) in [6.07, 6.45) is 3.00. The number of ketones is 1. The van der Waals surface area contributed by atoms with Crippen molar-refractivity contribution in [3.05, 3.63) is 83.6 Å². The van der Waals surface area contributed by atoms with Gasteiger partial charge in [0.25, 0.3) is 0 Å². The van der Waals surface area contributed by atoms with Gasteiger partial charge in [-0.3, -0.25) is 9.59 Å². The summed E-state index contributed by atoms with van der Waals surface area (Å²) in [4.78, 5) is 38.3. The first-order valence-corrected chi connectivity index (χ1v) is 13.7. The minimum atomic E-state index is -0.493. The van der Waals surface area contributed by atoms with E-state index in [4.69, 9.17) is 4.42 Å². The van der Waals surface area contributed by atoms with Crippen molar-refractivity contribution in [2.45, 2.75) is 39.7 Å². The predicted octanol–water partition coefficient (Wildman–Crippen LogP) is 4.95. The molecule has 8 nitrogen and oxygen atoms in total. The number of hydrogen-bond acceptors (Lipinski definition) is 7. The van der Waals surface area contributed by atoms with Gasteiger partial charge in [-0.25, -0.2) is 4.98 Å². The fraction of sp³-hybridized carbons (Fsp3) is 0.387. The summed E-state index contributed by atoms with van der Waals surface area (Å²) in [5, 5.41) is 3.60. The third-order valence-corrected chi connectivity index (χ3v) is 7.95. The molecule has 6 rings (SSSR count). The van der Waals surface area contributed by atoms with Crippen molar-refractivity contribution in [1.29, 1.82) is 0 Å². The first-order valence-electron chi connectivity index (χ1n) is 13.7. The van der Waals surface area contributed by atoms with Crippen molar-refractivity contribution in [3.63, 3.8) is 0 Å². The molecule has 202 valence electrons. The van der Waals surface area contributed by atoms with E-state index in [1.807, 2.05) is 66.4 Å². The zero-order valence-electron chi connectivity index (χ0n) is 22.8. The number of furan rings is 1. The quantitative estimate of drug-likeness (QED) is 0.516. The summed E-state index contributed by atoms with van der Waals surface area (Å²) < 4.78 is 6.17. The Bertz CT molecular complexity index is 1420. The molecule has 1 fully saturated rings. The lowest BCUT2D eigenvalue weighted by atomic mass is 9.74. The molecule has 3 aliphatic rings. The molecule has 4 heterocycles. The van der Waals surface area contributed by atoms with Crippen molar-refractivity contribution in [1.82, 2.24) is 9.88 Å². The average Bonchev–Trinajstić information content (AvgIpc) is 3.30. The lowest BCUT2D eigenvalue weighted by Crippen LogP contribution is -2.52. The molecule has 1 unspecified atom stereocenters. The summed E-state index contributed by atoms with van der Waals surface area (Å²) in [6, 6.07) is 17.3. The topological polar surface area (TPSA) is 81.9 Å². The Morgan fingerprint density at radius 3 is 2.51 bits per heavy atom. The van der Waals surface area contributed by atoms with E-state index < -0.39 is 6.04 Å². The number of nitrogens with zero attached hydrogens (tertiary/aromatic N) is 4. The fourth-order valence-electron chi connectivity index (χ4n) is 6.09. The molecule has 2 aliphatic heterocycles. The molecule has 3 aromatic rings. The van der Waals surface area contributed by atoms with Gasteiger partial charge in [0.15, 0.2) is 5.78 Å². The molecule has 2 aromatic heterocycles. The van der Waals surface area contributed by atoms with E-state index in [1.54, 1.807) is 6.20 Å². The number of fused-ring (bicyclic) bond motifs is 1. The number of piperazine rings is 1. The summed E-state index contributed by atoms with van der Waals surface area (Å²) in [6.45, 7) is 9.00. The average molecular weight is 526 g/mol. The molecule has 0 bridgehead atoms. The number of Topliss-reactive ketones (excluding diaryl/α,β-unsaturated/α-hetero) is 1. The smallest absolute Gasteiger partial charge is 0.242 e. The second-order valence-electron chi connectivity index (χ2n) is 11.5. The molecule has 1 atom stereocenters. The highest BCUT2D eigenvalue weighted by Crippen LogP contribution is 2.48. The lowest BCUT2D eigenvalue weighted by molar-refractivity contribution is -0.130. The van der Waals surface area contributed by atoms with Crippen LogP contribution in [0, 0.1) is 12.3 Å². The first-order chi connectivity index (χ1) is 18.8. The van der Waals surface area contributed by atoms with E-state index in [0.717, 1.165) is 48.2 Å². The first kappa shape index (κ1) is 25.2. The minimum absolute atomic E-state index is 0.0337. The number of para-hydroxylation sites is 2. The van der Waals surface area contributed by atoms with Crippen LogP contribution in [-0.2, 0) is 9.59 Å². The van der Waals surface area contributed by atoms with Gasteiger partial charge >= 0.3 is 0 Å². The van der Waals surface area contributed by atoms with Gasteiger partial charge in [-0.2, -0.15) is 0 Å². The Hall–Kier alpha value is -4.07. The second kappa shape index (κ2) is 9.91. The normalized spacial score (nSPS) is 20.7. The van der Waals surface area contributed by atoms with Crippen LogP contribution in [0.2, 0.25) is 0 Å². The van der Waals surface area contributed by atoms with Crippen LogP contribution in [0.15, 0.2) is 76.5 Å². The molecule has 1 saturated heterocycles. The number of nitrogens with one attached hydrogen (secondary N) is 1. The number of carbonyl (C=O) groups is 2. The number of anilines is 3. The Balaban J connectivity index is 1.34. The summed E-state index contributed by atoms with van der Waals surface area (Å²) in [7, 11) is 0. The number of amides is 1. The summed E-state index contributed by atoms with van der Waals surface area (Å²) in [5.74, 6) is 2.52. The zero-order chi connectivity index (χ0) is 27.1. The largest absolute Gasteiger partial charge is 0.464 e. The molecular weight excluding hydrogens is 490 g/mol. The van der Waals surface area contributed by atoms with Crippen molar-refractivity contribution < 1.29 is 14.0 Å². The highest BCUT2D eigenvalue weighted by molar-refractivity contribution is 6.01. The third-order valence-electron chi connectivity index (χ3n) is 7.95. The molecule has 1 N–H and O–H groups in total. The van der Waals surface area contributed by atoms with E-state index in [0.29, 0.717) is 30.8 Å². The van der Waals surface area contributed by atoms with Gasteiger partial charge in [0.05, 0.1) is 17.9 Å². The summed E-state index contributed by atoms with van der Waals surface area (Å²) >= 11 is 0. The number of hydrogen-bond donors (Lipinski definition) is 1. The fourth-order valence-corrected chi connectivity index (χ4v) is 6.09. The molecule has 0 saturated carbocycles. The minimum Gasteiger partial charge on any atom is -0.464 e. The molecule has 0 radical (unpaired) electrons. The van der Waals surface area contributed by atoms with Crippen LogP contribution in [0.4, 0.5) is 17.2 Å². The monoisotopic (exact) mass is 525 g/mol. The molecule has 39 heavy (non-hydrogen) atoms. The number of carbonyl (C=O) groups excluding carboxylic acids is 2. The Morgan fingerprint density at radius 2 is 1.79 bits per heavy atom. The standard InChI is InChI=1S/C31H35N5O3/c1-21-11-12-26(39-21)30-29-23(18-31(2,3)19-25(29)37)33-22-8-4-5-9-24(22)36(30)20-28(38)35-16-14-34(15-17-35)27-10-6-7-13-32-27/h4-13,30,33H,14-20H2,1-3H3. The highest BCUT2D eigenvalue weighted by atomic mass is 16.3. The maximum atomic E-state index is 13.9. The number of rotatable bonds is 4. The Morgan fingerprint density at radius 1 is 1.03 bits per heavy atom. The molecule has 8 heteroatoms. The van der Waals surface area contributed by atoms with Crippen LogP contribution in [-0.4, -0.2) is 54.3 Å². The number of aromatic nitrogens is 1. The van der Waals surface area contributed by atoms with Crippen LogP contribution in [0.3, 0.4) is 0 Å². The van der Waals surface area contributed by atoms with Gasteiger partial charge in [0.1, 0.15) is 23.4 Å². The second-order valence-corrected chi connectivity index (χ2v) is 11.5. The van der Waals surface area contributed by atoms with Crippen LogP contribution in [0.25, 0.3) is 0 Å². The van der Waals surface area contributed by atoms with Crippen molar-refractivity contribution in [2.24, 2.45) is 5.41 Å². The van der Waals surface area contributed by atoms with Crippen molar-refractivity contribution in [2.75, 3.05) is 47.8 Å². The molecule has 1 amide bonds. The molecular formula is C31H35N5O3. The zero-order valence-corrected chi connectivity index (χ0v) is 22.8. The number of benzene rings is 1. The van der Waals surface area contributed by atoms with Gasteiger partial charge in [0, 0.05) is 50.1 Å². The van der Waals surface area contributed by atoms with Gasteiger partial charge in [-0.15, -0.1) is 0 Å². The number of allylic oxidation sites excluding steroid dienone is 1. The van der Waals surface area contributed by atoms with Gasteiger partial charge < -0.3 is 24.4 Å². The number of pyridine rings is 1. The van der Waals surface area contributed by atoms with Gasteiger partial charge in [-0.05, 0) is 55.2 Å². The van der Waals surface area contributed by atoms with Crippen LogP contribution in [0.5, 0.6) is 0 Å². The van der Waals surface area contributed by atoms with E-state index in [9.17, 15) is 9.59 Å². The molecule has 1 aliphatic carbocycles. The molecule has 1 aromatic carbocycles. The maximum Gasteiger partial charge on any atom is 0.242 e. The van der Waals surface area contributed by atoms with Gasteiger partial charge in [-0.1, -0.05) is 32.0 Å². The van der Waals surface area contributed by atoms with Crippen LogP contribution in [0.1, 0.15) is 44.3 Å². The Kier molecular flexibility index (Phi) is 6.41. The maximum absolute atomic E-state index is 13.9. The lowest BCUT2D eigenvalue weighted by Gasteiger charge is -2.39. The number of aryl methyl sites for hydroxylation is 1. The molecule has 0 spiro atoms. The van der Waals surface area contributed by atoms with Gasteiger partial charge in [0.2, 0.25) is 5.91 Å². The van der Waals surface area contributed by atoms with E-state index in [-0.39, 0.29) is 23.7 Å². The third kappa shape index (κ3) is 4.91. The van der Waals surface area contributed by atoms with Crippen molar-refractivity contribution in [3.8, 4) is 0 Å². The van der Waals surface area contributed by atoms with Crippen molar-refractivity contribution >= 4 is 28.9 Å². The van der Waals surface area contributed by atoms with Crippen LogP contribution >= 0.6 is 0 Å². The van der Waals surface area contributed by atoms with E-state index >= 15 is 0 Å². The summed E-state index contributed by atoms with van der Waals surface area (Å²) in [5.41, 5.74) is 3.25. The highest BCUT2D eigenvalue weighted by Gasteiger charge is 2.43. The van der Waals surface area contributed by atoms with E-state index in [2.05, 4.69) is 33.9 Å². The Labute approximate surface area is 229 Å². The van der Waals surface area contributed by atoms with Crippen LogP contribution < -0.4 is 15.1 Å². The predicted molar refractivity (Wildman–Crippen MR) is 152 cm³/mol.